The summed E-state index contributed by atoms with van der Waals surface area (Å²) < 4.78 is 0. The quantitative estimate of drug-likeness (QED) is 0.440. The average molecular weight is 164 g/mol. The summed E-state index contributed by atoms with van der Waals surface area (Å²) in [5, 5.41) is 0. The van der Waals surface area contributed by atoms with E-state index in [4.69, 9.17) is 7.85 Å². The largest absolute Gasteiger partial charge is 0.0996 e. The molecule has 3 unspecified atom stereocenters. The molecule has 0 fully saturated rings. The van der Waals surface area contributed by atoms with Gasteiger partial charge in [0, 0.05) is 0 Å². The van der Waals surface area contributed by atoms with E-state index < -0.39 is 0 Å². The average Bonchev–Trinajstić information content (AvgIpc) is 2.01. The minimum atomic E-state index is 0.203. The first kappa shape index (κ1) is 11.8. The molecule has 0 bridgehead atoms. The molecule has 68 valence electrons. The Kier molecular flexibility index (Phi) is 4.09. The van der Waals surface area contributed by atoms with Crippen LogP contribution in [-0.2, 0) is 0 Å². The van der Waals surface area contributed by atoms with Gasteiger partial charge < -0.3 is 0 Å². The van der Waals surface area contributed by atoms with Gasteiger partial charge in [-0.1, -0.05) is 45.7 Å². The molecule has 12 heavy (non-hydrogen) atoms. The Balaban J connectivity index is 4.63. The van der Waals surface area contributed by atoms with Crippen molar-refractivity contribution in [2.45, 2.75) is 46.9 Å². The second kappa shape index (κ2) is 4.16. The predicted molar refractivity (Wildman–Crippen MR) is 57.6 cm³/mol. The van der Waals surface area contributed by atoms with Crippen molar-refractivity contribution in [1.29, 1.82) is 0 Å². The van der Waals surface area contributed by atoms with Gasteiger partial charge in [-0.15, -0.1) is 0 Å². The fraction of sp³-hybridized carbons (Fsp3) is 0.818. The molecule has 0 aliphatic rings. The predicted octanol–water partition coefficient (Wildman–Crippen LogP) is 3.59. The molecule has 0 N–H and O–H groups in total. The number of hydrogen-bond acceptors (Lipinski definition) is 0. The minimum absolute atomic E-state index is 0.203. The summed E-state index contributed by atoms with van der Waals surface area (Å²) in [5.41, 5.74) is 1.45. The standard InChI is InChI=1S/C11H21B/c1-7-11(6,8(2)3)9(4)10(5)12/h9-10H,2,7H2,1,3-6H3. The van der Waals surface area contributed by atoms with E-state index in [1.165, 1.54) is 5.57 Å². The molecule has 0 heterocycles. The summed E-state index contributed by atoms with van der Waals surface area (Å²) in [7, 11) is 5.89. The van der Waals surface area contributed by atoms with E-state index in [0.29, 0.717) is 5.92 Å². The summed E-state index contributed by atoms with van der Waals surface area (Å²) in [6.45, 7) is 14.9. The zero-order valence-corrected chi connectivity index (χ0v) is 9.15. The SMILES string of the molecule is [B]C(C)C(C)C(C)(CC)C(=C)C. The van der Waals surface area contributed by atoms with E-state index in [1.807, 2.05) is 0 Å². The molecule has 1 heteroatoms. The third-order valence-corrected chi connectivity index (χ3v) is 3.50. The molecule has 2 radical (unpaired) electrons. The lowest BCUT2D eigenvalue weighted by Gasteiger charge is -2.38. The van der Waals surface area contributed by atoms with E-state index in [9.17, 15) is 0 Å². The Labute approximate surface area is 78.9 Å². The normalized spacial score (nSPS) is 21.1. The van der Waals surface area contributed by atoms with Crippen molar-refractivity contribution in [3.05, 3.63) is 12.2 Å². The molecule has 0 rings (SSSR count). The van der Waals surface area contributed by atoms with Gasteiger partial charge in [0.2, 0.25) is 0 Å². The zero-order valence-electron chi connectivity index (χ0n) is 9.15. The van der Waals surface area contributed by atoms with Gasteiger partial charge in [-0.3, -0.25) is 0 Å². The van der Waals surface area contributed by atoms with Crippen molar-refractivity contribution >= 4 is 7.85 Å². The van der Waals surface area contributed by atoms with E-state index >= 15 is 0 Å². The Morgan fingerprint density at radius 3 is 2.00 bits per heavy atom. The summed E-state index contributed by atoms with van der Waals surface area (Å²) in [6, 6.07) is 0. The van der Waals surface area contributed by atoms with E-state index in [1.54, 1.807) is 0 Å². The van der Waals surface area contributed by atoms with Crippen LogP contribution in [0.5, 0.6) is 0 Å². The highest BCUT2D eigenvalue weighted by atomic mass is 14.3. The first-order valence-corrected chi connectivity index (χ1v) is 4.77. The van der Waals surface area contributed by atoms with Crippen LogP contribution in [-0.4, -0.2) is 7.85 Å². The molecule has 0 aromatic rings. The second-order valence-corrected chi connectivity index (χ2v) is 4.20. The first-order chi connectivity index (χ1) is 5.36. The van der Waals surface area contributed by atoms with Crippen LogP contribution in [0.2, 0.25) is 5.82 Å². The topological polar surface area (TPSA) is 0 Å². The van der Waals surface area contributed by atoms with E-state index in [2.05, 4.69) is 41.2 Å². The van der Waals surface area contributed by atoms with E-state index in [0.717, 1.165) is 6.42 Å². The van der Waals surface area contributed by atoms with Crippen LogP contribution in [0, 0.1) is 11.3 Å². The minimum Gasteiger partial charge on any atom is -0.0996 e. The van der Waals surface area contributed by atoms with Crippen LogP contribution in [0.25, 0.3) is 0 Å². The van der Waals surface area contributed by atoms with Gasteiger partial charge in [-0.05, 0) is 24.7 Å². The molecule has 0 amide bonds. The highest BCUT2D eigenvalue weighted by Crippen LogP contribution is 2.42. The number of hydrogen-bond donors (Lipinski definition) is 0. The van der Waals surface area contributed by atoms with Crippen LogP contribution in [0.15, 0.2) is 12.2 Å². The molecule has 0 aromatic carbocycles. The van der Waals surface area contributed by atoms with Crippen LogP contribution >= 0.6 is 0 Å². The Bertz CT molecular complexity index is 160. The molecular formula is C11H21B. The second-order valence-electron chi connectivity index (χ2n) is 4.20. The van der Waals surface area contributed by atoms with Gasteiger partial charge >= 0.3 is 0 Å². The maximum atomic E-state index is 5.89. The molecule has 0 saturated heterocycles. The van der Waals surface area contributed by atoms with Crippen molar-refractivity contribution in [1.82, 2.24) is 0 Å². The van der Waals surface area contributed by atoms with E-state index in [-0.39, 0.29) is 11.2 Å². The number of allylic oxidation sites excluding steroid dienone is 1. The summed E-state index contributed by atoms with van der Waals surface area (Å²) in [4.78, 5) is 0. The molecule has 0 aromatic heterocycles. The van der Waals surface area contributed by atoms with Crippen molar-refractivity contribution in [2.75, 3.05) is 0 Å². The van der Waals surface area contributed by atoms with Crippen LogP contribution < -0.4 is 0 Å². The lowest BCUT2D eigenvalue weighted by atomic mass is 9.62. The lowest BCUT2D eigenvalue weighted by Crippen LogP contribution is -2.28. The molecule has 0 saturated carbocycles. The van der Waals surface area contributed by atoms with Crippen LogP contribution in [0.4, 0.5) is 0 Å². The highest BCUT2D eigenvalue weighted by molar-refractivity contribution is 6.11. The number of rotatable bonds is 4. The molecule has 0 aliphatic carbocycles. The fourth-order valence-corrected chi connectivity index (χ4v) is 1.59. The molecule has 0 nitrogen and oxygen atoms in total. The summed E-state index contributed by atoms with van der Waals surface area (Å²) in [6.07, 6.45) is 1.12. The summed E-state index contributed by atoms with van der Waals surface area (Å²) in [5.74, 6) is 0.742. The van der Waals surface area contributed by atoms with Gasteiger partial charge in [0.05, 0.1) is 7.85 Å². The maximum Gasteiger partial charge on any atom is 0.0699 e. The van der Waals surface area contributed by atoms with Crippen molar-refractivity contribution in [3.8, 4) is 0 Å². The van der Waals surface area contributed by atoms with Crippen molar-refractivity contribution in [2.24, 2.45) is 11.3 Å². The lowest BCUT2D eigenvalue weighted by molar-refractivity contribution is 0.241. The Morgan fingerprint density at radius 2 is 1.92 bits per heavy atom. The van der Waals surface area contributed by atoms with Gasteiger partial charge in [-0.2, -0.15) is 0 Å². The van der Waals surface area contributed by atoms with Crippen LogP contribution in [0.3, 0.4) is 0 Å². The third kappa shape index (κ3) is 2.15. The molecule has 0 spiro atoms. The maximum absolute atomic E-state index is 5.89. The van der Waals surface area contributed by atoms with Crippen LogP contribution in [0.1, 0.15) is 41.0 Å². The fourth-order valence-electron chi connectivity index (χ4n) is 1.59. The monoisotopic (exact) mass is 164 g/mol. The molecule has 3 atom stereocenters. The van der Waals surface area contributed by atoms with Gasteiger partial charge in [0.1, 0.15) is 0 Å². The molecular weight excluding hydrogens is 143 g/mol. The Hall–Kier alpha value is -0.195. The van der Waals surface area contributed by atoms with Crippen molar-refractivity contribution in [3.63, 3.8) is 0 Å². The first-order valence-electron chi connectivity index (χ1n) is 4.77. The smallest absolute Gasteiger partial charge is 0.0699 e. The van der Waals surface area contributed by atoms with Gasteiger partial charge in [0.25, 0.3) is 0 Å². The summed E-state index contributed by atoms with van der Waals surface area (Å²) >= 11 is 0. The van der Waals surface area contributed by atoms with Gasteiger partial charge in [0.15, 0.2) is 0 Å². The third-order valence-electron chi connectivity index (χ3n) is 3.50. The van der Waals surface area contributed by atoms with Gasteiger partial charge in [-0.25, -0.2) is 0 Å². The zero-order chi connectivity index (χ0) is 9.94. The van der Waals surface area contributed by atoms with Crippen molar-refractivity contribution < 1.29 is 0 Å². The highest BCUT2D eigenvalue weighted by Gasteiger charge is 2.31. The molecule has 0 aliphatic heterocycles. The Morgan fingerprint density at radius 1 is 1.50 bits per heavy atom.